The molecule has 1 amide bonds. The standard InChI is InChI=1S/C25H49NO10/c1-5-6-7-8-23(27)35-22-21-34-20-19-33-18-17-32-16-15-31-14-13-30-12-11-29-10-9-26-24(28)36-25(2,3)4/h5-22H2,1-4H3,(H,26,28). The zero-order valence-corrected chi connectivity index (χ0v) is 22.8. The maximum absolute atomic E-state index is 11.4. The number of hydrogen-bond donors (Lipinski definition) is 1. The van der Waals surface area contributed by atoms with Crippen molar-refractivity contribution >= 4 is 12.1 Å². The predicted molar refractivity (Wildman–Crippen MR) is 134 cm³/mol. The van der Waals surface area contributed by atoms with Crippen LogP contribution in [0.25, 0.3) is 0 Å². The number of amides is 1. The van der Waals surface area contributed by atoms with Crippen LogP contribution < -0.4 is 5.32 Å². The Bertz CT molecular complexity index is 514. The summed E-state index contributed by atoms with van der Waals surface area (Å²) >= 11 is 0. The molecule has 1 N–H and O–H groups in total. The van der Waals surface area contributed by atoms with Crippen LogP contribution in [0.4, 0.5) is 4.79 Å². The van der Waals surface area contributed by atoms with Crippen LogP contribution in [0.5, 0.6) is 0 Å². The van der Waals surface area contributed by atoms with E-state index in [1.165, 1.54) is 0 Å². The molecule has 0 saturated carbocycles. The van der Waals surface area contributed by atoms with E-state index in [0.29, 0.717) is 92.2 Å². The van der Waals surface area contributed by atoms with E-state index in [0.717, 1.165) is 19.3 Å². The molecule has 0 aromatic heterocycles. The van der Waals surface area contributed by atoms with Crippen LogP contribution in [-0.4, -0.2) is 110 Å². The zero-order chi connectivity index (χ0) is 26.7. The second-order valence-corrected chi connectivity index (χ2v) is 8.78. The van der Waals surface area contributed by atoms with Crippen molar-refractivity contribution in [2.24, 2.45) is 0 Å². The Labute approximate surface area is 216 Å². The van der Waals surface area contributed by atoms with Crippen LogP contribution in [0.3, 0.4) is 0 Å². The SMILES string of the molecule is CCCCCC(=O)OCCOCCOCCOCCOCCOCCOCCNC(=O)OC(C)(C)C. The van der Waals surface area contributed by atoms with E-state index in [1.807, 2.05) is 20.8 Å². The van der Waals surface area contributed by atoms with E-state index in [-0.39, 0.29) is 12.6 Å². The monoisotopic (exact) mass is 523 g/mol. The average Bonchev–Trinajstić information content (AvgIpc) is 2.81. The molecule has 0 aliphatic rings. The highest BCUT2D eigenvalue weighted by Gasteiger charge is 2.15. The lowest BCUT2D eigenvalue weighted by molar-refractivity contribution is -0.145. The number of esters is 1. The van der Waals surface area contributed by atoms with Crippen molar-refractivity contribution in [3.8, 4) is 0 Å². The Morgan fingerprint density at radius 3 is 1.44 bits per heavy atom. The molecule has 0 saturated heterocycles. The predicted octanol–water partition coefficient (Wildman–Crippen LogP) is 2.73. The van der Waals surface area contributed by atoms with Gasteiger partial charge in [-0.2, -0.15) is 0 Å². The Hall–Kier alpha value is -1.50. The molecule has 0 fully saturated rings. The highest BCUT2D eigenvalue weighted by Crippen LogP contribution is 2.06. The number of carbonyl (C=O) groups is 2. The number of ether oxygens (including phenoxy) is 8. The third-order valence-electron chi connectivity index (χ3n) is 4.25. The van der Waals surface area contributed by atoms with Gasteiger partial charge in [-0.15, -0.1) is 0 Å². The quantitative estimate of drug-likeness (QED) is 0.141. The maximum atomic E-state index is 11.4. The minimum Gasteiger partial charge on any atom is -0.463 e. The van der Waals surface area contributed by atoms with Crippen LogP contribution in [-0.2, 0) is 42.7 Å². The van der Waals surface area contributed by atoms with Gasteiger partial charge in [-0.25, -0.2) is 4.79 Å². The summed E-state index contributed by atoms with van der Waals surface area (Å²) in [5.41, 5.74) is -0.508. The second kappa shape index (κ2) is 25.2. The Kier molecular flexibility index (Phi) is 24.1. The third kappa shape index (κ3) is 28.7. The van der Waals surface area contributed by atoms with Crippen molar-refractivity contribution in [3.05, 3.63) is 0 Å². The van der Waals surface area contributed by atoms with Gasteiger partial charge >= 0.3 is 12.1 Å². The Morgan fingerprint density at radius 2 is 1.03 bits per heavy atom. The van der Waals surface area contributed by atoms with Crippen molar-refractivity contribution in [1.82, 2.24) is 5.32 Å². The first kappa shape index (κ1) is 34.5. The van der Waals surface area contributed by atoms with E-state index < -0.39 is 11.7 Å². The first-order valence-corrected chi connectivity index (χ1v) is 12.9. The fraction of sp³-hybridized carbons (Fsp3) is 0.920. The van der Waals surface area contributed by atoms with E-state index >= 15 is 0 Å². The van der Waals surface area contributed by atoms with E-state index in [2.05, 4.69) is 12.2 Å². The van der Waals surface area contributed by atoms with Crippen molar-refractivity contribution < 1.29 is 47.5 Å². The molecule has 36 heavy (non-hydrogen) atoms. The van der Waals surface area contributed by atoms with E-state index in [4.69, 9.17) is 37.9 Å². The first-order valence-electron chi connectivity index (χ1n) is 12.9. The minimum atomic E-state index is -0.508. The van der Waals surface area contributed by atoms with Crippen LogP contribution in [0.15, 0.2) is 0 Å². The van der Waals surface area contributed by atoms with Gasteiger partial charge in [-0.1, -0.05) is 19.8 Å². The number of nitrogens with one attached hydrogen (secondary N) is 1. The van der Waals surface area contributed by atoms with Gasteiger partial charge in [0, 0.05) is 13.0 Å². The molecule has 0 aromatic rings. The fourth-order valence-electron chi connectivity index (χ4n) is 2.55. The fourth-order valence-corrected chi connectivity index (χ4v) is 2.55. The summed E-state index contributed by atoms with van der Waals surface area (Å²) in [4.78, 5) is 22.9. The lowest BCUT2D eigenvalue weighted by Crippen LogP contribution is -2.34. The molecule has 0 spiro atoms. The van der Waals surface area contributed by atoms with Gasteiger partial charge in [0.25, 0.3) is 0 Å². The van der Waals surface area contributed by atoms with Gasteiger partial charge in [0.2, 0.25) is 0 Å². The van der Waals surface area contributed by atoms with Crippen LogP contribution in [0, 0.1) is 0 Å². The molecule has 11 heteroatoms. The summed E-state index contributed by atoms with van der Waals surface area (Å²) in [6.45, 7) is 13.7. The third-order valence-corrected chi connectivity index (χ3v) is 4.25. The van der Waals surface area contributed by atoms with Crippen molar-refractivity contribution in [1.29, 1.82) is 0 Å². The van der Waals surface area contributed by atoms with E-state index in [9.17, 15) is 9.59 Å². The first-order chi connectivity index (χ1) is 17.3. The van der Waals surface area contributed by atoms with Crippen LogP contribution >= 0.6 is 0 Å². The molecule has 11 nitrogen and oxygen atoms in total. The van der Waals surface area contributed by atoms with Gasteiger partial charge in [0.15, 0.2) is 0 Å². The molecule has 0 radical (unpaired) electrons. The van der Waals surface area contributed by atoms with Gasteiger partial charge in [0.1, 0.15) is 12.2 Å². The molecule has 214 valence electrons. The van der Waals surface area contributed by atoms with Gasteiger partial charge < -0.3 is 43.2 Å². The molecule has 0 atom stereocenters. The minimum absolute atomic E-state index is 0.162. The van der Waals surface area contributed by atoms with Gasteiger partial charge in [-0.3, -0.25) is 4.79 Å². The average molecular weight is 524 g/mol. The second-order valence-electron chi connectivity index (χ2n) is 8.78. The number of hydrogen-bond acceptors (Lipinski definition) is 10. The molecule has 0 rings (SSSR count). The van der Waals surface area contributed by atoms with E-state index in [1.54, 1.807) is 0 Å². The van der Waals surface area contributed by atoms with Crippen molar-refractivity contribution in [2.45, 2.75) is 59.0 Å². The lowest BCUT2D eigenvalue weighted by Gasteiger charge is -2.19. The molecular formula is C25H49NO10. The summed E-state index contributed by atoms with van der Waals surface area (Å²) in [5.74, 6) is -0.162. The molecule has 0 aromatic carbocycles. The highest BCUT2D eigenvalue weighted by atomic mass is 16.6. The number of carbonyl (C=O) groups excluding carboxylic acids is 2. The molecule has 0 aliphatic heterocycles. The zero-order valence-electron chi connectivity index (χ0n) is 22.8. The maximum Gasteiger partial charge on any atom is 0.407 e. The number of unbranched alkanes of at least 4 members (excludes halogenated alkanes) is 2. The molecule has 0 unspecified atom stereocenters. The summed E-state index contributed by atoms with van der Waals surface area (Å²) in [5, 5.41) is 2.62. The normalized spacial score (nSPS) is 11.4. The lowest BCUT2D eigenvalue weighted by atomic mass is 10.2. The van der Waals surface area contributed by atoms with Crippen LogP contribution in [0.1, 0.15) is 53.4 Å². The number of alkyl carbamates (subject to hydrolysis) is 1. The van der Waals surface area contributed by atoms with Gasteiger partial charge in [-0.05, 0) is 27.2 Å². The Balaban J connectivity index is 3.15. The molecule has 0 aliphatic carbocycles. The summed E-state index contributed by atoms with van der Waals surface area (Å²) in [6.07, 6.45) is 3.04. The summed E-state index contributed by atoms with van der Waals surface area (Å²) in [7, 11) is 0. The van der Waals surface area contributed by atoms with Gasteiger partial charge in [0.05, 0.1) is 79.3 Å². The topological polar surface area (TPSA) is 120 Å². The van der Waals surface area contributed by atoms with Crippen LogP contribution in [0.2, 0.25) is 0 Å². The largest absolute Gasteiger partial charge is 0.463 e. The highest BCUT2D eigenvalue weighted by molar-refractivity contribution is 5.69. The summed E-state index contributed by atoms with van der Waals surface area (Å²) < 4.78 is 42.6. The van der Waals surface area contributed by atoms with Crippen molar-refractivity contribution in [2.75, 3.05) is 92.4 Å². The summed E-state index contributed by atoms with van der Waals surface area (Å²) in [6, 6.07) is 0. The van der Waals surface area contributed by atoms with Crippen molar-refractivity contribution in [3.63, 3.8) is 0 Å². The number of rotatable bonds is 25. The molecule has 0 bridgehead atoms. The smallest absolute Gasteiger partial charge is 0.407 e. The molecular weight excluding hydrogens is 474 g/mol. The molecule has 0 heterocycles. The Morgan fingerprint density at radius 1 is 0.611 bits per heavy atom.